The summed E-state index contributed by atoms with van der Waals surface area (Å²) in [5.74, 6) is 0.627. The van der Waals surface area contributed by atoms with Crippen LogP contribution in [0.1, 0.15) is 24.3 Å². The highest BCUT2D eigenvalue weighted by atomic mass is 32.9. The van der Waals surface area contributed by atoms with Crippen molar-refractivity contribution in [3.05, 3.63) is 74.9 Å². The van der Waals surface area contributed by atoms with E-state index >= 15 is 0 Å². The van der Waals surface area contributed by atoms with Gasteiger partial charge in [0.15, 0.2) is 6.61 Å². The quantitative estimate of drug-likeness (QED) is 0.235. The number of para-hydroxylation sites is 1. The zero-order valence-corrected chi connectivity index (χ0v) is 19.9. The van der Waals surface area contributed by atoms with Crippen LogP contribution in [0.25, 0.3) is 21.9 Å². The molecule has 1 aliphatic rings. The molecule has 0 saturated heterocycles. The smallest absolute Gasteiger partial charge is 0.265 e. The van der Waals surface area contributed by atoms with Crippen molar-refractivity contribution in [3.63, 3.8) is 0 Å². The normalized spacial score (nSPS) is 14.2. The highest BCUT2D eigenvalue weighted by molar-refractivity contribution is 7.80. The van der Waals surface area contributed by atoms with Crippen LogP contribution >= 0.6 is 32.9 Å². The van der Waals surface area contributed by atoms with Gasteiger partial charge in [-0.05, 0) is 49.2 Å². The highest BCUT2D eigenvalue weighted by Crippen LogP contribution is 2.53. The summed E-state index contributed by atoms with van der Waals surface area (Å²) >= 11 is 5.65. The van der Waals surface area contributed by atoms with Crippen LogP contribution in [0.2, 0.25) is 0 Å². The predicted octanol–water partition coefficient (Wildman–Crippen LogP) is 7.33. The minimum absolute atomic E-state index is 0.0274. The van der Waals surface area contributed by atoms with Gasteiger partial charge >= 0.3 is 0 Å². The summed E-state index contributed by atoms with van der Waals surface area (Å²) in [4.78, 5) is 16.6. The second-order valence-electron chi connectivity index (χ2n) is 8.22. The molecule has 1 aliphatic heterocycles. The van der Waals surface area contributed by atoms with E-state index in [4.69, 9.17) is 17.0 Å². The standard InChI is InChI=1S/C25H21NO2S3/c1-15-7-6-10-19-21-23(30-31-24(21)29)25(2,3)26(22(15)19)20(27)14-28-18-12-11-16-8-4-5-9-17(16)13-18/h4-13H,14H2,1-3H3. The molecule has 3 nitrogen and oxygen atoms in total. The van der Waals surface area contributed by atoms with E-state index in [0.29, 0.717) is 5.75 Å². The Morgan fingerprint density at radius 1 is 1.03 bits per heavy atom. The van der Waals surface area contributed by atoms with Crippen molar-refractivity contribution in [3.8, 4) is 16.9 Å². The van der Waals surface area contributed by atoms with Gasteiger partial charge in [-0.1, -0.05) is 81.4 Å². The van der Waals surface area contributed by atoms with Gasteiger partial charge in [-0.3, -0.25) is 9.69 Å². The number of anilines is 1. The van der Waals surface area contributed by atoms with E-state index in [1.165, 1.54) is 0 Å². The monoisotopic (exact) mass is 463 g/mol. The van der Waals surface area contributed by atoms with E-state index in [2.05, 4.69) is 26.0 Å². The number of aryl methyl sites for hydroxylation is 1. The lowest BCUT2D eigenvalue weighted by molar-refractivity contribution is -0.121. The molecule has 1 amide bonds. The molecule has 156 valence electrons. The molecule has 0 spiro atoms. The van der Waals surface area contributed by atoms with Crippen LogP contribution in [0.4, 0.5) is 5.69 Å². The molecule has 0 saturated carbocycles. The van der Waals surface area contributed by atoms with Gasteiger partial charge in [0.05, 0.1) is 16.1 Å². The van der Waals surface area contributed by atoms with E-state index in [1.54, 1.807) is 20.7 Å². The summed E-state index contributed by atoms with van der Waals surface area (Å²) < 4.78 is 6.85. The Hall–Kier alpha value is -2.54. The first-order valence-electron chi connectivity index (χ1n) is 10.1. The first-order chi connectivity index (χ1) is 14.9. The van der Waals surface area contributed by atoms with Gasteiger partial charge in [0, 0.05) is 11.1 Å². The number of carbonyl (C=O) groups is 1. The van der Waals surface area contributed by atoms with Crippen LogP contribution in [0, 0.1) is 10.7 Å². The Morgan fingerprint density at radius 3 is 2.61 bits per heavy atom. The summed E-state index contributed by atoms with van der Waals surface area (Å²) in [7, 11) is 3.27. The lowest BCUT2D eigenvalue weighted by Crippen LogP contribution is -2.50. The first kappa shape index (κ1) is 20.4. The average Bonchev–Trinajstić information content (AvgIpc) is 3.15. The lowest BCUT2D eigenvalue weighted by Gasteiger charge is -2.43. The van der Waals surface area contributed by atoms with Crippen molar-refractivity contribution in [1.82, 2.24) is 0 Å². The Bertz CT molecular complexity index is 1380. The summed E-state index contributed by atoms with van der Waals surface area (Å²) in [6.07, 6.45) is 0. The van der Waals surface area contributed by atoms with Gasteiger partial charge in [-0.2, -0.15) is 0 Å². The van der Waals surface area contributed by atoms with Crippen molar-refractivity contribution in [1.29, 1.82) is 0 Å². The SMILES string of the molecule is Cc1cccc2c1N(C(=O)COc1ccc3ccccc3c1)C(C)(C)c1ssc(=S)c1-2. The molecule has 1 aromatic heterocycles. The molecule has 0 unspecified atom stereocenters. The minimum atomic E-state index is -0.503. The molecule has 0 N–H and O–H groups in total. The van der Waals surface area contributed by atoms with Crippen LogP contribution in [0.5, 0.6) is 5.75 Å². The Balaban J connectivity index is 1.51. The number of benzene rings is 3. The highest BCUT2D eigenvalue weighted by Gasteiger charge is 2.43. The average molecular weight is 464 g/mol. The Labute approximate surface area is 193 Å². The summed E-state index contributed by atoms with van der Waals surface area (Å²) in [5.41, 5.74) is 3.63. The summed E-state index contributed by atoms with van der Waals surface area (Å²) in [5, 5.41) is 2.24. The molecule has 31 heavy (non-hydrogen) atoms. The van der Waals surface area contributed by atoms with Crippen molar-refractivity contribution in [2.45, 2.75) is 26.3 Å². The molecule has 5 rings (SSSR count). The number of nitrogens with zero attached hydrogens (tertiary/aromatic N) is 1. The van der Waals surface area contributed by atoms with Gasteiger partial charge in [0.2, 0.25) is 0 Å². The fourth-order valence-corrected chi connectivity index (χ4v) is 7.62. The predicted molar refractivity (Wildman–Crippen MR) is 133 cm³/mol. The largest absolute Gasteiger partial charge is 0.484 e. The van der Waals surface area contributed by atoms with Gasteiger partial charge in [0.1, 0.15) is 9.57 Å². The molecule has 6 heteroatoms. The van der Waals surface area contributed by atoms with Crippen LogP contribution in [0.3, 0.4) is 0 Å². The number of hydrogen-bond donors (Lipinski definition) is 0. The molecular weight excluding hydrogens is 442 g/mol. The summed E-state index contributed by atoms with van der Waals surface area (Å²) in [6.45, 7) is 6.20. The van der Waals surface area contributed by atoms with Crippen molar-refractivity contribution < 1.29 is 9.53 Å². The zero-order chi connectivity index (χ0) is 21.8. The second-order valence-corrected chi connectivity index (χ2v) is 11.0. The van der Waals surface area contributed by atoms with Gasteiger partial charge in [-0.15, -0.1) is 0 Å². The summed E-state index contributed by atoms with van der Waals surface area (Å²) in [6, 6.07) is 20.2. The van der Waals surface area contributed by atoms with E-state index in [-0.39, 0.29) is 12.5 Å². The van der Waals surface area contributed by atoms with Gasteiger partial charge in [0.25, 0.3) is 5.91 Å². The maximum atomic E-state index is 13.6. The molecule has 0 bridgehead atoms. The second kappa shape index (κ2) is 7.55. The van der Waals surface area contributed by atoms with Gasteiger partial charge < -0.3 is 4.74 Å². The number of ether oxygens (including phenoxy) is 1. The van der Waals surface area contributed by atoms with Crippen LogP contribution in [0.15, 0.2) is 60.7 Å². The van der Waals surface area contributed by atoms with Gasteiger partial charge in [-0.25, -0.2) is 0 Å². The van der Waals surface area contributed by atoms with Crippen LogP contribution in [-0.4, -0.2) is 12.5 Å². The molecule has 3 aromatic carbocycles. The maximum Gasteiger partial charge on any atom is 0.265 e. The molecular formula is C25H21NO2S3. The fourth-order valence-electron chi connectivity index (χ4n) is 4.34. The molecule has 0 fully saturated rings. The third kappa shape index (κ3) is 3.30. The van der Waals surface area contributed by atoms with Crippen molar-refractivity contribution in [2.75, 3.05) is 11.5 Å². The molecule has 0 radical (unpaired) electrons. The third-order valence-electron chi connectivity index (χ3n) is 5.81. The molecule has 2 heterocycles. The third-order valence-corrected chi connectivity index (χ3v) is 9.14. The van der Waals surface area contributed by atoms with Crippen LogP contribution in [-0.2, 0) is 10.3 Å². The number of carbonyl (C=O) groups excluding carboxylic acids is 1. The minimum Gasteiger partial charge on any atom is -0.484 e. The van der Waals surface area contributed by atoms with E-state index in [0.717, 1.165) is 41.9 Å². The Morgan fingerprint density at radius 2 is 1.81 bits per heavy atom. The molecule has 0 atom stereocenters. The number of fused-ring (bicyclic) bond motifs is 4. The van der Waals surface area contributed by atoms with E-state index in [1.807, 2.05) is 60.4 Å². The molecule has 4 aromatic rings. The van der Waals surface area contributed by atoms with E-state index < -0.39 is 5.54 Å². The maximum absolute atomic E-state index is 13.6. The van der Waals surface area contributed by atoms with Crippen molar-refractivity contribution in [2.24, 2.45) is 0 Å². The topological polar surface area (TPSA) is 29.5 Å². The Kier molecular flexibility index (Phi) is 4.96. The van der Waals surface area contributed by atoms with Crippen molar-refractivity contribution >= 4 is 55.3 Å². The number of hydrogen-bond acceptors (Lipinski definition) is 5. The number of rotatable bonds is 3. The van der Waals surface area contributed by atoms with E-state index in [9.17, 15) is 4.79 Å². The lowest BCUT2D eigenvalue weighted by atomic mass is 9.86. The number of amides is 1. The fraction of sp³-hybridized carbons (Fsp3) is 0.200. The van der Waals surface area contributed by atoms with Crippen LogP contribution < -0.4 is 9.64 Å². The first-order valence-corrected chi connectivity index (χ1v) is 12.6. The molecule has 0 aliphatic carbocycles. The zero-order valence-electron chi connectivity index (χ0n) is 17.5.